The normalized spacial score (nSPS) is 9.30. The van der Waals surface area contributed by atoms with Gasteiger partial charge in [0.1, 0.15) is 0 Å². The monoisotopic (exact) mass is 169 g/mol. The number of hydrogen-bond donors (Lipinski definition) is 0. The molecule has 1 rings (SSSR count). The summed E-state index contributed by atoms with van der Waals surface area (Å²) in [5.41, 5.74) is 2.78. The van der Waals surface area contributed by atoms with Crippen molar-refractivity contribution in [1.29, 1.82) is 0 Å². The average molecular weight is 169 g/mol. The van der Waals surface area contributed by atoms with Crippen LogP contribution in [-0.2, 0) is 0 Å². The molecule has 1 nitrogen and oxygen atoms in total. The van der Waals surface area contributed by atoms with Crippen LogP contribution in [0.2, 0.25) is 0 Å². The van der Waals surface area contributed by atoms with Gasteiger partial charge in [0.2, 0.25) is 0 Å². The van der Waals surface area contributed by atoms with Crippen molar-refractivity contribution in [3.05, 3.63) is 16.5 Å². The van der Waals surface area contributed by atoms with Crippen LogP contribution in [0, 0.1) is 0 Å². The van der Waals surface area contributed by atoms with E-state index in [0.717, 1.165) is 14.2 Å². The minimum Gasteiger partial charge on any atom is -0.230 e. The summed E-state index contributed by atoms with van der Waals surface area (Å²) in [6.45, 7) is 7.28. The molecule has 0 saturated carbocycles. The number of hydrogen-bond acceptors (Lipinski definition) is 3. The van der Waals surface area contributed by atoms with Gasteiger partial charge in [-0.15, -0.1) is 5.73 Å². The summed E-state index contributed by atoms with van der Waals surface area (Å²) in [5, 5.41) is 0.782. The van der Waals surface area contributed by atoms with E-state index < -0.39 is 0 Å². The van der Waals surface area contributed by atoms with Crippen LogP contribution in [0.25, 0.3) is 12.3 Å². The van der Waals surface area contributed by atoms with Crippen molar-refractivity contribution >= 4 is 35.4 Å². The zero-order chi connectivity index (χ0) is 7.56. The smallest absolute Gasteiger partial charge is 0.151 e. The van der Waals surface area contributed by atoms with E-state index in [1.807, 2.05) is 6.26 Å². The van der Waals surface area contributed by atoms with E-state index in [4.69, 9.17) is 0 Å². The molecule has 0 radical (unpaired) electrons. The van der Waals surface area contributed by atoms with Gasteiger partial charge >= 0.3 is 0 Å². The van der Waals surface area contributed by atoms with Gasteiger partial charge in [-0.3, -0.25) is 0 Å². The zero-order valence-electron chi connectivity index (χ0n) is 5.68. The lowest BCUT2D eigenvalue weighted by Crippen LogP contribution is -2.16. The Kier molecular flexibility index (Phi) is 2.33. The predicted octanol–water partition coefficient (Wildman–Crippen LogP) is 0.841. The molecular formula is C7H7NS2. The van der Waals surface area contributed by atoms with Crippen LogP contribution in [0.4, 0.5) is 0 Å². The SMILES string of the molecule is C=C=c1sc(SC)nc1=C. The molecule has 0 aliphatic rings. The third kappa shape index (κ3) is 1.32. The lowest BCUT2D eigenvalue weighted by Gasteiger charge is -1.77. The Hall–Kier alpha value is -0.500. The van der Waals surface area contributed by atoms with Gasteiger partial charge in [-0.1, -0.05) is 36.3 Å². The summed E-state index contributed by atoms with van der Waals surface area (Å²) in [4.78, 5) is 4.17. The fourth-order valence-electron chi connectivity index (χ4n) is 0.555. The molecule has 52 valence electrons. The van der Waals surface area contributed by atoms with Crippen LogP contribution >= 0.6 is 23.1 Å². The van der Waals surface area contributed by atoms with Gasteiger partial charge in [0.05, 0.1) is 9.88 Å². The highest BCUT2D eigenvalue weighted by Crippen LogP contribution is 2.10. The van der Waals surface area contributed by atoms with Crippen molar-refractivity contribution in [3.8, 4) is 0 Å². The Balaban J connectivity index is 3.45. The molecular weight excluding hydrogens is 162 g/mol. The summed E-state index contributed by atoms with van der Waals surface area (Å²) < 4.78 is 1.97. The highest BCUT2D eigenvalue weighted by atomic mass is 32.2. The maximum atomic E-state index is 4.17. The molecule has 0 aliphatic heterocycles. The minimum absolute atomic E-state index is 0.782. The molecule has 0 amide bonds. The van der Waals surface area contributed by atoms with Crippen LogP contribution in [0.3, 0.4) is 0 Å². The molecule has 0 atom stereocenters. The molecule has 10 heavy (non-hydrogen) atoms. The van der Waals surface area contributed by atoms with Gasteiger partial charge in [-0.2, -0.15) is 0 Å². The fraction of sp³-hybridized carbons (Fsp3) is 0.143. The standard InChI is InChI=1S/C7H7NS2/c1-4-6-5(2)8-7(9-3)10-6/h1-2H2,3H3. The van der Waals surface area contributed by atoms with E-state index in [9.17, 15) is 0 Å². The number of thiazole rings is 1. The van der Waals surface area contributed by atoms with Gasteiger partial charge < -0.3 is 0 Å². The molecule has 0 aromatic carbocycles. The summed E-state index contributed by atoms with van der Waals surface area (Å²) in [5.74, 6) is 0. The molecule has 0 unspecified atom stereocenters. The van der Waals surface area contributed by atoms with E-state index in [0.29, 0.717) is 0 Å². The maximum absolute atomic E-state index is 4.17. The molecule has 0 N–H and O–H groups in total. The van der Waals surface area contributed by atoms with E-state index >= 15 is 0 Å². The third-order valence-corrected chi connectivity index (χ3v) is 3.05. The Morgan fingerprint density at radius 1 is 1.70 bits per heavy atom. The molecule has 0 bridgehead atoms. The van der Waals surface area contributed by atoms with Crippen molar-refractivity contribution < 1.29 is 0 Å². The van der Waals surface area contributed by atoms with Crippen molar-refractivity contribution in [2.75, 3.05) is 6.26 Å². The van der Waals surface area contributed by atoms with Gasteiger partial charge in [0.25, 0.3) is 0 Å². The van der Waals surface area contributed by atoms with Crippen molar-refractivity contribution in [1.82, 2.24) is 4.98 Å². The summed E-state index contributed by atoms with van der Waals surface area (Å²) >= 11 is 3.19. The summed E-state index contributed by atoms with van der Waals surface area (Å²) in [6.07, 6.45) is 1.99. The van der Waals surface area contributed by atoms with Crippen molar-refractivity contribution in [3.63, 3.8) is 0 Å². The molecule has 1 aromatic heterocycles. The number of nitrogens with zero attached hydrogens (tertiary/aromatic N) is 1. The van der Waals surface area contributed by atoms with Crippen LogP contribution in [0.1, 0.15) is 0 Å². The van der Waals surface area contributed by atoms with Crippen molar-refractivity contribution in [2.24, 2.45) is 0 Å². The highest BCUT2D eigenvalue weighted by Gasteiger charge is 1.93. The topological polar surface area (TPSA) is 12.9 Å². The second-order valence-corrected chi connectivity index (χ2v) is 3.69. The lowest BCUT2D eigenvalue weighted by atomic mass is 10.6. The highest BCUT2D eigenvalue weighted by molar-refractivity contribution is 8.00. The second-order valence-electron chi connectivity index (χ2n) is 1.64. The van der Waals surface area contributed by atoms with Gasteiger partial charge in [0, 0.05) is 0 Å². The average Bonchev–Trinajstić information content (AvgIpc) is 2.30. The van der Waals surface area contributed by atoms with Gasteiger partial charge in [-0.25, -0.2) is 4.98 Å². The first-order valence-corrected chi connectivity index (χ1v) is 4.72. The van der Waals surface area contributed by atoms with Crippen LogP contribution < -0.4 is 9.88 Å². The van der Waals surface area contributed by atoms with Crippen LogP contribution in [0.15, 0.2) is 10.9 Å². The van der Waals surface area contributed by atoms with Crippen LogP contribution in [0.5, 0.6) is 0 Å². The minimum atomic E-state index is 0.782. The van der Waals surface area contributed by atoms with E-state index in [1.54, 1.807) is 23.1 Å². The molecule has 0 saturated heterocycles. The van der Waals surface area contributed by atoms with Gasteiger partial charge in [0.15, 0.2) is 4.34 Å². The first-order chi connectivity index (χ1) is 4.77. The molecule has 0 aliphatic carbocycles. The molecule has 1 aromatic rings. The summed E-state index contributed by atoms with van der Waals surface area (Å²) in [6, 6.07) is 0. The van der Waals surface area contributed by atoms with Crippen molar-refractivity contribution in [2.45, 2.75) is 4.34 Å². The first-order valence-electron chi connectivity index (χ1n) is 2.67. The lowest BCUT2D eigenvalue weighted by molar-refractivity contribution is 1.20. The first kappa shape index (κ1) is 7.61. The summed E-state index contributed by atoms with van der Waals surface area (Å²) in [7, 11) is 0. The Labute approximate surface area is 67.8 Å². The Morgan fingerprint density at radius 3 is 2.70 bits per heavy atom. The quantitative estimate of drug-likeness (QED) is 0.578. The molecule has 0 fully saturated rings. The fourth-order valence-corrected chi connectivity index (χ4v) is 1.91. The number of thioether (sulfide) groups is 1. The Bertz CT molecular complexity index is 346. The van der Waals surface area contributed by atoms with Crippen LogP contribution in [-0.4, -0.2) is 11.2 Å². The zero-order valence-corrected chi connectivity index (χ0v) is 7.31. The molecule has 1 heterocycles. The molecule has 3 heteroatoms. The molecule has 0 spiro atoms. The van der Waals surface area contributed by atoms with E-state index in [-0.39, 0.29) is 0 Å². The largest absolute Gasteiger partial charge is 0.230 e. The maximum Gasteiger partial charge on any atom is 0.151 e. The number of aromatic nitrogens is 1. The van der Waals surface area contributed by atoms with E-state index in [1.165, 1.54) is 0 Å². The predicted molar refractivity (Wildman–Crippen MR) is 47.7 cm³/mol. The second kappa shape index (κ2) is 3.06. The van der Waals surface area contributed by atoms with Gasteiger partial charge in [-0.05, 0) is 6.26 Å². The number of rotatable bonds is 1. The van der Waals surface area contributed by atoms with E-state index in [2.05, 4.69) is 23.9 Å². The third-order valence-electron chi connectivity index (χ3n) is 1.01. The Morgan fingerprint density at radius 2 is 2.40 bits per heavy atom.